The van der Waals surface area contributed by atoms with Crippen LogP contribution in [0.4, 0.5) is 13.2 Å². The molecular formula is C20H24Cl2F3N3O. The summed E-state index contributed by atoms with van der Waals surface area (Å²) >= 11 is 0. The summed E-state index contributed by atoms with van der Waals surface area (Å²) in [4.78, 5) is 4.06. The van der Waals surface area contributed by atoms with Crippen LogP contribution < -0.4 is 4.74 Å². The van der Waals surface area contributed by atoms with Crippen molar-refractivity contribution in [3.63, 3.8) is 0 Å². The summed E-state index contributed by atoms with van der Waals surface area (Å²) in [5, 5.41) is 8.26. The molecule has 0 aromatic heterocycles. The average molecular weight is 450 g/mol. The number of hydrogen-bond acceptors (Lipinski definition) is 3. The quantitative estimate of drug-likeness (QED) is 0.536. The van der Waals surface area contributed by atoms with Crippen molar-refractivity contribution in [1.82, 2.24) is 9.80 Å². The van der Waals surface area contributed by atoms with Gasteiger partial charge in [0, 0.05) is 38.3 Å². The number of piperazine rings is 1. The summed E-state index contributed by atoms with van der Waals surface area (Å²) in [6, 6.07) is 14.6. The highest BCUT2D eigenvalue weighted by molar-refractivity contribution is 5.96. The molecule has 3 rings (SSSR count). The van der Waals surface area contributed by atoms with Gasteiger partial charge in [0.15, 0.2) is 0 Å². The Balaban J connectivity index is 0.00000210. The van der Waals surface area contributed by atoms with Gasteiger partial charge in [-0.2, -0.15) is 13.2 Å². The number of halogens is 5. The van der Waals surface area contributed by atoms with Gasteiger partial charge in [-0.15, -0.1) is 24.8 Å². The molecule has 29 heavy (non-hydrogen) atoms. The summed E-state index contributed by atoms with van der Waals surface area (Å²) in [6.07, 6.45) is -4.40. The Labute approximate surface area is 181 Å². The highest BCUT2D eigenvalue weighted by Crippen LogP contribution is 2.29. The maximum Gasteiger partial charge on any atom is 0.416 e. The van der Waals surface area contributed by atoms with E-state index in [1.165, 1.54) is 6.07 Å². The van der Waals surface area contributed by atoms with Gasteiger partial charge in [-0.1, -0.05) is 30.3 Å². The molecule has 2 aromatic rings. The lowest BCUT2D eigenvalue weighted by atomic mass is 10.1. The number of para-hydroxylation sites is 1. The first-order valence-corrected chi connectivity index (χ1v) is 8.85. The second kappa shape index (κ2) is 11.3. The van der Waals surface area contributed by atoms with E-state index in [1.54, 1.807) is 6.07 Å². The first kappa shape index (κ1) is 25.1. The van der Waals surface area contributed by atoms with Crippen molar-refractivity contribution in [2.45, 2.75) is 6.18 Å². The van der Waals surface area contributed by atoms with Gasteiger partial charge in [-0.3, -0.25) is 10.3 Å². The van der Waals surface area contributed by atoms with Gasteiger partial charge in [-0.25, -0.2) is 0 Å². The van der Waals surface area contributed by atoms with Gasteiger partial charge >= 0.3 is 6.18 Å². The van der Waals surface area contributed by atoms with E-state index in [4.69, 9.17) is 10.1 Å². The lowest BCUT2D eigenvalue weighted by Crippen LogP contribution is -2.49. The molecule has 4 nitrogen and oxygen atoms in total. The summed E-state index contributed by atoms with van der Waals surface area (Å²) in [5.41, 5.74) is -0.424. The number of ether oxygens (including phenoxy) is 1. The van der Waals surface area contributed by atoms with E-state index in [0.717, 1.165) is 37.5 Å². The van der Waals surface area contributed by atoms with Crippen LogP contribution in [0.5, 0.6) is 5.75 Å². The van der Waals surface area contributed by atoms with Crippen LogP contribution in [0.1, 0.15) is 11.1 Å². The second-order valence-corrected chi connectivity index (χ2v) is 6.42. The highest BCUT2D eigenvalue weighted by Gasteiger charge is 2.31. The molecule has 0 radical (unpaired) electrons. The lowest BCUT2D eigenvalue weighted by Gasteiger charge is -2.36. The minimum Gasteiger partial charge on any atom is -0.492 e. The fourth-order valence-electron chi connectivity index (χ4n) is 3.03. The standard InChI is InChI=1S/C20H22F3N3O.2ClH/c21-20(22,23)17-6-4-5-16(15-17)19(24)26-11-9-25(10-12-26)13-14-27-18-7-2-1-3-8-18;;/h1-8,15,24H,9-14H2;2*1H. The van der Waals surface area contributed by atoms with E-state index >= 15 is 0 Å². The molecule has 1 heterocycles. The van der Waals surface area contributed by atoms with Crippen LogP contribution in [0.15, 0.2) is 54.6 Å². The van der Waals surface area contributed by atoms with E-state index in [0.29, 0.717) is 25.3 Å². The third-order valence-electron chi connectivity index (χ3n) is 4.57. The van der Waals surface area contributed by atoms with Gasteiger partial charge in [0.25, 0.3) is 0 Å². The third-order valence-corrected chi connectivity index (χ3v) is 4.57. The van der Waals surface area contributed by atoms with E-state index in [-0.39, 0.29) is 30.6 Å². The molecule has 2 aromatic carbocycles. The molecule has 1 aliphatic heterocycles. The Kier molecular flexibility index (Phi) is 9.76. The van der Waals surface area contributed by atoms with Gasteiger partial charge in [0.05, 0.1) is 5.56 Å². The SMILES string of the molecule is Cl.Cl.N=C(c1cccc(C(F)(F)F)c1)N1CCN(CCOc2ccccc2)CC1. The number of nitrogens with one attached hydrogen (secondary N) is 1. The molecule has 160 valence electrons. The number of alkyl halides is 3. The first-order valence-electron chi connectivity index (χ1n) is 8.85. The number of rotatable bonds is 5. The molecule has 0 aliphatic carbocycles. The number of hydrogen-bond donors (Lipinski definition) is 1. The van der Waals surface area contributed by atoms with Crippen molar-refractivity contribution in [3.8, 4) is 5.75 Å². The number of nitrogens with zero attached hydrogens (tertiary/aromatic N) is 2. The molecule has 1 saturated heterocycles. The maximum atomic E-state index is 12.9. The molecule has 0 unspecified atom stereocenters. The Hall–Kier alpha value is -1.96. The Morgan fingerprint density at radius 2 is 1.59 bits per heavy atom. The molecule has 0 spiro atoms. The second-order valence-electron chi connectivity index (χ2n) is 6.42. The summed E-state index contributed by atoms with van der Waals surface area (Å²) in [6.45, 7) is 4.08. The van der Waals surface area contributed by atoms with Crippen molar-refractivity contribution in [3.05, 3.63) is 65.7 Å². The monoisotopic (exact) mass is 449 g/mol. The molecular weight excluding hydrogens is 426 g/mol. The average Bonchev–Trinajstić information content (AvgIpc) is 2.68. The Morgan fingerprint density at radius 1 is 0.931 bits per heavy atom. The number of amidine groups is 1. The topological polar surface area (TPSA) is 39.6 Å². The zero-order valence-electron chi connectivity index (χ0n) is 15.7. The fourth-order valence-corrected chi connectivity index (χ4v) is 3.03. The Morgan fingerprint density at radius 3 is 2.21 bits per heavy atom. The van der Waals surface area contributed by atoms with Gasteiger partial charge in [0.2, 0.25) is 0 Å². The zero-order chi connectivity index (χ0) is 19.3. The van der Waals surface area contributed by atoms with E-state index in [9.17, 15) is 13.2 Å². The van der Waals surface area contributed by atoms with Crippen LogP contribution in [-0.2, 0) is 6.18 Å². The van der Waals surface area contributed by atoms with Crippen LogP contribution >= 0.6 is 24.8 Å². The Bertz CT molecular complexity index is 767. The van der Waals surface area contributed by atoms with E-state index in [1.807, 2.05) is 35.2 Å². The van der Waals surface area contributed by atoms with Gasteiger partial charge < -0.3 is 9.64 Å². The molecule has 9 heteroatoms. The summed E-state index contributed by atoms with van der Waals surface area (Å²) in [5.74, 6) is 0.976. The van der Waals surface area contributed by atoms with Crippen molar-refractivity contribution in [2.75, 3.05) is 39.3 Å². The summed E-state index contributed by atoms with van der Waals surface area (Å²) < 4.78 is 44.3. The first-order chi connectivity index (χ1) is 12.9. The lowest BCUT2D eigenvalue weighted by molar-refractivity contribution is -0.137. The van der Waals surface area contributed by atoms with Crippen LogP contribution in [0.3, 0.4) is 0 Å². The van der Waals surface area contributed by atoms with Crippen LogP contribution in [0.2, 0.25) is 0 Å². The maximum absolute atomic E-state index is 12.9. The smallest absolute Gasteiger partial charge is 0.416 e. The highest BCUT2D eigenvalue weighted by atomic mass is 35.5. The normalized spacial score (nSPS) is 14.5. The fraction of sp³-hybridized carbons (Fsp3) is 0.350. The van der Waals surface area contributed by atoms with Crippen molar-refractivity contribution < 1.29 is 17.9 Å². The van der Waals surface area contributed by atoms with E-state index in [2.05, 4.69) is 4.90 Å². The predicted molar refractivity (Wildman–Crippen MR) is 113 cm³/mol. The third kappa shape index (κ3) is 7.10. The molecule has 1 N–H and O–H groups in total. The molecule has 0 bridgehead atoms. The van der Waals surface area contributed by atoms with Crippen LogP contribution in [0.25, 0.3) is 0 Å². The minimum atomic E-state index is -4.40. The van der Waals surface area contributed by atoms with Crippen LogP contribution in [-0.4, -0.2) is 55.0 Å². The number of benzene rings is 2. The molecule has 0 saturated carbocycles. The van der Waals surface area contributed by atoms with Crippen molar-refractivity contribution in [1.29, 1.82) is 5.41 Å². The van der Waals surface area contributed by atoms with Crippen molar-refractivity contribution in [2.24, 2.45) is 0 Å². The molecule has 0 amide bonds. The van der Waals surface area contributed by atoms with Crippen LogP contribution in [0, 0.1) is 5.41 Å². The summed E-state index contributed by atoms with van der Waals surface area (Å²) in [7, 11) is 0. The predicted octanol–water partition coefficient (Wildman–Crippen LogP) is 4.57. The molecule has 0 atom stereocenters. The molecule has 1 aliphatic rings. The van der Waals surface area contributed by atoms with Gasteiger partial charge in [-0.05, 0) is 24.3 Å². The zero-order valence-corrected chi connectivity index (χ0v) is 17.3. The largest absolute Gasteiger partial charge is 0.492 e. The van der Waals surface area contributed by atoms with Crippen molar-refractivity contribution >= 4 is 30.6 Å². The minimum absolute atomic E-state index is 0. The van der Waals surface area contributed by atoms with E-state index < -0.39 is 11.7 Å². The molecule has 1 fully saturated rings. The van der Waals surface area contributed by atoms with Gasteiger partial charge in [0.1, 0.15) is 18.2 Å².